The number of nitrogens with zero attached hydrogens (tertiary/aromatic N) is 1. The van der Waals surface area contributed by atoms with E-state index in [4.69, 9.17) is 0 Å². The van der Waals surface area contributed by atoms with Gasteiger partial charge in [-0.15, -0.1) is 11.3 Å². The highest BCUT2D eigenvalue weighted by molar-refractivity contribution is 7.10. The number of carbonyl (C=O) groups is 1. The first-order valence-electron chi connectivity index (χ1n) is 7.85. The molecule has 120 valence electrons. The van der Waals surface area contributed by atoms with Gasteiger partial charge in [-0.1, -0.05) is 30.3 Å². The predicted octanol–water partition coefficient (Wildman–Crippen LogP) is 3.22. The molecule has 2 aromatic heterocycles. The Bertz CT molecular complexity index is 909. The normalized spacial score (nSPS) is 16.7. The van der Waals surface area contributed by atoms with Gasteiger partial charge < -0.3 is 9.88 Å². The largest absolute Gasteiger partial charge is 0.328 e. The molecule has 0 bridgehead atoms. The van der Waals surface area contributed by atoms with E-state index in [9.17, 15) is 9.59 Å². The molecule has 1 aromatic carbocycles. The van der Waals surface area contributed by atoms with Crippen LogP contribution in [0.25, 0.3) is 0 Å². The third-order valence-electron chi connectivity index (χ3n) is 4.37. The maximum absolute atomic E-state index is 13.0. The number of aromatic nitrogens is 1. The molecule has 1 N–H and O–H groups in total. The number of amides is 1. The molecule has 0 fully saturated rings. The fourth-order valence-corrected chi connectivity index (χ4v) is 4.14. The SMILES string of the molecule is O=C(c1ccc(=O)[nH]c1)N1CCc2sccc2[C@@H]1c1ccccc1. The molecule has 3 heterocycles. The van der Waals surface area contributed by atoms with Gasteiger partial charge in [-0.2, -0.15) is 0 Å². The molecule has 24 heavy (non-hydrogen) atoms. The molecular weight excluding hydrogens is 320 g/mol. The number of H-pyrrole nitrogens is 1. The molecule has 0 unspecified atom stereocenters. The highest BCUT2D eigenvalue weighted by atomic mass is 32.1. The van der Waals surface area contributed by atoms with Gasteiger partial charge >= 0.3 is 0 Å². The van der Waals surface area contributed by atoms with Crippen molar-refractivity contribution in [1.82, 2.24) is 9.88 Å². The lowest BCUT2D eigenvalue weighted by Crippen LogP contribution is -2.40. The highest BCUT2D eigenvalue weighted by Gasteiger charge is 2.33. The Morgan fingerprint density at radius 3 is 2.71 bits per heavy atom. The van der Waals surface area contributed by atoms with Crippen molar-refractivity contribution < 1.29 is 4.79 Å². The third kappa shape index (κ3) is 2.57. The van der Waals surface area contributed by atoms with Gasteiger partial charge in [0.2, 0.25) is 5.56 Å². The lowest BCUT2D eigenvalue weighted by molar-refractivity contribution is 0.0695. The van der Waals surface area contributed by atoms with E-state index in [1.54, 1.807) is 17.4 Å². The van der Waals surface area contributed by atoms with Crippen LogP contribution in [0.5, 0.6) is 0 Å². The summed E-state index contributed by atoms with van der Waals surface area (Å²) in [5.74, 6) is -0.0584. The fraction of sp³-hybridized carbons (Fsp3) is 0.158. The van der Waals surface area contributed by atoms with Crippen LogP contribution >= 0.6 is 11.3 Å². The fourth-order valence-electron chi connectivity index (χ4n) is 3.24. The summed E-state index contributed by atoms with van der Waals surface area (Å²) < 4.78 is 0. The third-order valence-corrected chi connectivity index (χ3v) is 5.37. The van der Waals surface area contributed by atoms with Gasteiger partial charge in [0.05, 0.1) is 11.6 Å². The number of thiophene rings is 1. The minimum atomic E-state index is -0.204. The lowest BCUT2D eigenvalue weighted by Gasteiger charge is -2.36. The van der Waals surface area contributed by atoms with Crippen LogP contribution in [0.1, 0.15) is 32.4 Å². The molecule has 1 aliphatic heterocycles. The van der Waals surface area contributed by atoms with Crippen molar-refractivity contribution in [3.8, 4) is 0 Å². The summed E-state index contributed by atoms with van der Waals surface area (Å²) in [4.78, 5) is 30.1. The highest BCUT2D eigenvalue weighted by Crippen LogP contribution is 2.38. The van der Waals surface area contributed by atoms with E-state index in [1.165, 1.54) is 22.7 Å². The van der Waals surface area contributed by atoms with Crippen molar-refractivity contribution in [2.45, 2.75) is 12.5 Å². The van der Waals surface area contributed by atoms with Gasteiger partial charge in [0, 0.05) is 23.7 Å². The van der Waals surface area contributed by atoms with Gasteiger partial charge in [0.25, 0.3) is 5.91 Å². The Kier molecular flexibility index (Phi) is 3.78. The van der Waals surface area contributed by atoms with Crippen LogP contribution in [0, 0.1) is 0 Å². The van der Waals surface area contributed by atoms with E-state index in [1.807, 2.05) is 23.1 Å². The molecule has 0 saturated heterocycles. The summed E-state index contributed by atoms with van der Waals surface area (Å²) >= 11 is 1.75. The zero-order valence-electron chi connectivity index (χ0n) is 12.9. The van der Waals surface area contributed by atoms with E-state index in [-0.39, 0.29) is 17.5 Å². The van der Waals surface area contributed by atoms with Crippen molar-refractivity contribution in [2.24, 2.45) is 0 Å². The summed E-state index contributed by atoms with van der Waals surface area (Å²) in [7, 11) is 0. The number of hydrogen-bond acceptors (Lipinski definition) is 3. The van der Waals surface area contributed by atoms with Crippen LogP contribution in [0.3, 0.4) is 0 Å². The molecule has 4 rings (SSSR count). The van der Waals surface area contributed by atoms with Gasteiger partial charge in [-0.05, 0) is 35.1 Å². The van der Waals surface area contributed by atoms with Crippen LogP contribution < -0.4 is 5.56 Å². The van der Waals surface area contributed by atoms with E-state index in [2.05, 4.69) is 28.6 Å². The minimum absolute atomic E-state index is 0.0584. The number of rotatable bonds is 2. The first kappa shape index (κ1) is 14.9. The molecule has 0 saturated carbocycles. The van der Waals surface area contributed by atoms with Crippen molar-refractivity contribution in [3.63, 3.8) is 0 Å². The van der Waals surface area contributed by atoms with Crippen molar-refractivity contribution in [3.05, 3.63) is 92.0 Å². The Morgan fingerprint density at radius 1 is 1.12 bits per heavy atom. The number of aromatic amines is 1. The van der Waals surface area contributed by atoms with Crippen LogP contribution in [0.15, 0.2) is 64.9 Å². The number of nitrogens with one attached hydrogen (secondary N) is 1. The first-order valence-corrected chi connectivity index (χ1v) is 8.73. The maximum Gasteiger partial charge on any atom is 0.256 e. The number of carbonyl (C=O) groups excluding carboxylic acids is 1. The summed E-state index contributed by atoms with van der Waals surface area (Å²) in [5.41, 5.74) is 2.61. The molecule has 4 nitrogen and oxygen atoms in total. The van der Waals surface area contributed by atoms with Crippen molar-refractivity contribution in [2.75, 3.05) is 6.54 Å². The van der Waals surface area contributed by atoms with Crippen LogP contribution in [-0.4, -0.2) is 22.3 Å². The number of hydrogen-bond donors (Lipinski definition) is 1. The van der Waals surface area contributed by atoms with E-state index in [0.717, 1.165) is 12.0 Å². The Labute approximate surface area is 143 Å². The molecule has 5 heteroatoms. The van der Waals surface area contributed by atoms with Crippen LogP contribution in [0.4, 0.5) is 0 Å². The van der Waals surface area contributed by atoms with E-state index in [0.29, 0.717) is 12.1 Å². The second-order valence-corrected chi connectivity index (χ2v) is 6.80. The topological polar surface area (TPSA) is 53.2 Å². The minimum Gasteiger partial charge on any atom is -0.328 e. The molecule has 0 radical (unpaired) electrons. The Balaban J connectivity index is 1.77. The maximum atomic E-state index is 13.0. The van der Waals surface area contributed by atoms with Gasteiger partial charge in [-0.25, -0.2) is 0 Å². The average molecular weight is 336 g/mol. The summed E-state index contributed by atoms with van der Waals surface area (Å²) in [6.45, 7) is 0.672. The molecule has 1 aliphatic rings. The quantitative estimate of drug-likeness (QED) is 0.781. The monoisotopic (exact) mass is 336 g/mol. The molecular formula is C19H16N2O2S. The summed E-state index contributed by atoms with van der Waals surface area (Å²) in [5, 5.41) is 2.09. The number of fused-ring (bicyclic) bond motifs is 1. The van der Waals surface area contributed by atoms with Crippen LogP contribution in [0.2, 0.25) is 0 Å². The Morgan fingerprint density at radius 2 is 1.96 bits per heavy atom. The van der Waals surface area contributed by atoms with Crippen LogP contribution in [-0.2, 0) is 6.42 Å². The molecule has 1 atom stereocenters. The second-order valence-electron chi connectivity index (χ2n) is 5.80. The zero-order valence-corrected chi connectivity index (χ0v) is 13.8. The Hall–Kier alpha value is -2.66. The van der Waals surface area contributed by atoms with E-state index >= 15 is 0 Å². The smallest absolute Gasteiger partial charge is 0.256 e. The number of pyridine rings is 1. The predicted molar refractivity (Wildman–Crippen MR) is 94.4 cm³/mol. The summed E-state index contributed by atoms with van der Waals surface area (Å²) in [6.07, 6.45) is 2.36. The van der Waals surface area contributed by atoms with Crippen molar-refractivity contribution in [1.29, 1.82) is 0 Å². The lowest BCUT2D eigenvalue weighted by atomic mass is 9.93. The average Bonchev–Trinajstić information content (AvgIpc) is 3.10. The molecule has 0 spiro atoms. The molecule has 1 amide bonds. The van der Waals surface area contributed by atoms with Crippen molar-refractivity contribution >= 4 is 17.2 Å². The first-order chi connectivity index (χ1) is 11.7. The van der Waals surface area contributed by atoms with Gasteiger partial charge in [0.15, 0.2) is 0 Å². The van der Waals surface area contributed by atoms with E-state index < -0.39 is 0 Å². The van der Waals surface area contributed by atoms with Gasteiger partial charge in [-0.3, -0.25) is 9.59 Å². The molecule has 3 aromatic rings. The molecule has 0 aliphatic carbocycles. The second kappa shape index (κ2) is 6.09. The van der Waals surface area contributed by atoms with Gasteiger partial charge in [0.1, 0.15) is 0 Å². The zero-order chi connectivity index (χ0) is 16.5. The number of benzene rings is 1. The summed E-state index contributed by atoms with van der Waals surface area (Å²) in [6, 6.07) is 15.1. The standard InChI is InChI=1S/C19H16N2O2S/c22-17-7-6-14(12-20-17)19(23)21-10-8-16-15(9-11-24-16)18(21)13-4-2-1-3-5-13/h1-7,9,11-12,18H,8,10H2,(H,20,22)/t18-/m0/s1.